The molecule has 0 amide bonds. The molecule has 0 aliphatic heterocycles. The molecule has 0 aliphatic rings. The van der Waals surface area contributed by atoms with Gasteiger partial charge < -0.3 is 9.47 Å². The van der Waals surface area contributed by atoms with Crippen LogP contribution in [0.3, 0.4) is 0 Å². The number of benzene rings is 1. The second kappa shape index (κ2) is 7.58. The number of imidazole rings is 1. The van der Waals surface area contributed by atoms with Crippen molar-refractivity contribution in [1.29, 1.82) is 0 Å². The van der Waals surface area contributed by atoms with E-state index in [1.807, 2.05) is 41.7 Å². The summed E-state index contributed by atoms with van der Waals surface area (Å²) in [4.78, 5) is 22.8. The van der Waals surface area contributed by atoms with Gasteiger partial charge in [0.15, 0.2) is 5.65 Å². The van der Waals surface area contributed by atoms with E-state index < -0.39 is 0 Å². The molecule has 0 unspecified atom stereocenters. The van der Waals surface area contributed by atoms with Gasteiger partial charge in [0.25, 0.3) is 5.56 Å². The molecule has 3 aromatic heterocycles. The van der Waals surface area contributed by atoms with Gasteiger partial charge in [-0.05, 0) is 37.1 Å². The summed E-state index contributed by atoms with van der Waals surface area (Å²) in [5.74, 6) is 2.13. The normalized spacial score (nSPS) is 11.3. The van der Waals surface area contributed by atoms with Gasteiger partial charge in [-0.15, -0.1) is 0 Å². The third kappa shape index (κ3) is 3.22. The van der Waals surface area contributed by atoms with Crippen molar-refractivity contribution in [3.63, 3.8) is 0 Å². The molecule has 0 saturated heterocycles. The summed E-state index contributed by atoms with van der Waals surface area (Å²) < 4.78 is 14.2. The number of aromatic nitrogens is 4. The predicted molar refractivity (Wildman–Crippen MR) is 112 cm³/mol. The Morgan fingerprint density at radius 2 is 1.76 bits per heavy atom. The molecule has 0 bridgehead atoms. The molecule has 4 aromatic rings. The van der Waals surface area contributed by atoms with Crippen LogP contribution < -0.4 is 15.0 Å². The average Bonchev–Trinajstić information content (AvgIpc) is 3.07. The zero-order valence-electron chi connectivity index (χ0n) is 17.1. The SMILES string of the molecule is CCCc1nc(C)c2c(=O)n(Cc3ccc(OC)cc3)c3ccc(OC)nc3n12. The first-order valence-corrected chi connectivity index (χ1v) is 9.65. The zero-order chi connectivity index (χ0) is 20.5. The Balaban J connectivity index is 2.01. The summed E-state index contributed by atoms with van der Waals surface area (Å²) >= 11 is 0. The molecule has 4 rings (SSSR count). The highest BCUT2D eigenvalue weighted by Crippen LogP contribution is 2.22. The van der Waals surface area contributed by atoms with Gasteiger partial charge >= 0.3 is 0 Å². The van der Waals surface area contributed by atoms with E-state index in [4.69, 9.17) is 9.47 Å². The molecule has 7 heteroatoms. The number of hydrogen-bond donors (Lipinski definition) is 0. The van der Waals surface area contributed by atoms with Crippen LogP contribution in [-0.2, 0) is 13.0 Å². The molecule has 1 aromatic carbocycles. The third-order valence-electron chi connectivity index (χ3n) is 5.08. The van der Waals surface area contributed by atoms with Gasteiger partial charge in [0, 0.05) is 12.5 Å². The number of rotatable bonds is 6. The van der Waals surface area contributed by atoms with Crippen LogP contribution >= 0.6 is 0 Å². The average molecular weight is 392 g/mol. The third-order valence-corrected chi connectivity index (χ3v) is 5.08. The van der Waals surface area contributed by atoms with Crippen molar-refractivity contribution in [1.82, 2.24) is 18.9 Å². The van der Waals surface area contributed by atoms with E-state index >= 15 is 0 Å². The molecule has 29 heavy (non-hydrogen) atoms. The molecule has 0 saturated carbocycles. The Morgan fingerprint density at radius 3 is 2.41 bits per heavy atom. The lowest BCUT2D eigenvalue weighted by atomic mass is 10.2. The monoisotopic (exact) mass is 392 g/mol. The Morgan fingerprint density at radius 1 is 1.00 bits per heavy atom. The minimum atomic E-state index is -0.0763. The van der Waals surface area contributed by atoms with Gasteiger partial charge in [-0.25, -0.2) is 4.98 Å². The van der Waals surface area contributed by atoms with Crippen molar-refractivity contribution in [2.24, 2.45) is 0 Å². The lowest BCUT2D eigenvalue weighted by Gasteiger charge is -2.14. The van der Waals surface area contributed by atoms with E-state index in [1.165, 1.54) is 0 Å². The fraction of sp³-hybridized carbons (Fsp3) is 0.318. The van der Waals surface area contributed by atoms with Crippen LogP contribution in [0.4, 0.5) is 0 Å². The Labute approximate surface area is 168 Å². The van der Waals surface area contributed by atoms with Crippen molar-refractivity contribution in [3.05, 3.63) is 63.8 Å². The first-order valence-electron chi connectivity index (χ1n) is 9.65. The quantitative estimate of drug-likeness (QED) is 0.503. The predicted octanol–water partition coefficient (Wildman–Crippen LogP) is 3.37. The summed E-state index contributed by atoms with van der Waals surface area (Å²) in [6.07, 6.45) is 1.70. The van der Waals surface area contributed by atoms with Gasteiger partial charge in [0.2, 0.25) is 5.88 Å². The highest BCUT2D eigenvalue weighted by atomic mass is 16.5. The van der Waals surface area contributed by atoms with Gasteiger partial charge in [0.05, 0.1) is 32.0 Å². The standard InChI is InChI=1S/C22H24N4O3/c1-5-6-18-23-14(2)20-22(27)25(13-15-7-9-16(28-3)10-8-15)17-11-12-19(29-4)24-21(17)26(18)20/h7-12H,5-6,13H2,1-4H3. The van der Waals surface area contributed by atoms with E-state index in [0.29, 0.717) is 29.3 Å². The molecule has 150 valence electrons. The number of ether oxygens (including phenoxy) is 2. The molecule has 0 N–H and O–H groups in total. The van der Waals surface area contributed by atoms with Crippen LogP contribution in [0.15, 0.2) is 41.2 Å². The zero-order valence-corrected chi connectivity index (χ0v) is 17.1. The lowest BCUT2D eigenvalue weighted by Crippen LogP contribution is -2.24. The second-order valence-corrected chi connectivity index (χ2v) is 6.98. The Hall–Kier alpha value is -3.35. The first kappa shape index (κ1) is 19.0. The lowest BCUT2D eigenvalue weighted by molar-refractivity contribution is 0.399. The van der Waals surface area contributed by atoms with Crippen LogP contribution in [0.2, 0.25) is 0 Å². The minimum absolute atomic E-state index is 0.0763. The summed E-state index contributed by atoms with van der Waals surface area (Å²) in [7, 11) is 3.22. The van der Waals surface area contributed by atoms with E-state index in [2.05, 4.69) is 16.9 Å². The maximum absolute atomic E-state index is 13.5. The number of aryl methyl sites for hydroxylation is 2. The smallest absolute Gasteiger partial charge is 0.277 e. The van der Waals surface area contributed by atoms with Crippen LogP contribution in [0.1, 0.15) is 30.4 Å². The fourth-order valence-electron chi connectivity index (χ4n) is 3.68. The van der Waals surface area contributed by atoms with E-state index in [-0.39, 0.29) is 5.56 Å². The number of hydrogen-bond acceptors (Lipinski definition) is 5. The van der Waals surface area contributed by atoms with Crippen LogP contribution in [-0.4, -0.2) is 33.2 Å². The van der Waals surface area contributed by atoms with Crippen LogP contribution in [0.5, 0.6) is 11.6 Å². The fourth-order valence-corrected chi connectivity index (χ4v) is 3.68. The number of pyridine rings is 1. The summed E-state index contributed by atoms with van der Waals surface area (Å²) in [6.45, 7) is 4.40. The van der Waals surface area contributed by atoms with Crippen molar-refractivity contribution in [2.45, 2.75) is 33.2 Å². The van der Waals surface area contributed by atoms with E-state index in [0.717, 1.165) is 35.5 Å². The molecular weight excluding hydrogens is 368 g/mol. The number of fused-ring (bicyclic) bond motifs is 3. The van der Waals surface area contributed by atoms with Crippen LogP contribution in [0.25, 0.3) is 16.7 Å². The van der Waals surface area contributed by atoms with Crippen molar-refractivity contribution >= 4 is 16.7 Å². The molecular formula is C22H24N4O3. The van der Waals surface area contributed by atoms with Gasteiger partial charge in [-0.3, -0.25) is 13.8 Å². The summed E-state index contributed by atoms with van der Waals surface area (Å²) in [5, 5.41) is 0. The Bertz CT molecular complexity index is 1240. The topological polar surface area (TPSA) is 70.7 Å². The molecule has 0 atom stereocenters. The maximum Gasteiger partial charge on any atom is 0.277 e. The van der Waals surface area contributed by atoms with Crippen molar-refractivity contribution in [2.75, 3.05) is 14.2 Å². The summed E-state index contributed by atoms with van der Waals surface area (Å²) in [5.41, 5.74) is 3.63. The maximum atomic E-state index is 13.5. The molecule has 0 radical (unpaired) electrons. The number of nitrogens with zero attached hydrogens (tertiary/aromatic N) is 4. The van der Waals surface area contributed by atoms with Crippen molar-refractivity contribution < 1.29 is 9.47 Å². The minimum Gasteiger partial charge on any atom is -0.497 e. The highest BCUT2D eigenvalue weighted by Gasteiger charge is 2.19. The van der Waals surface area contributed by atoms with Gasteiger partial charge in [-0.1, -0.05) is 19.1 Å². The molecule has 0 fully saturated rings. The van der Waals surface area contributed by atoms with E-state index in [1.54, 1.807) is 24.9 Å². The van der Waals surface area contributed by atoms with E-state index in [9.17, 15) is 4.79 Å². The first-order chi connectivity index (χ1) is 14.1. The molecule has 3 heterocycles. The Kier molecular flexibility index (Phi) is 4.96. The second-order valence-electron chi connectivity index (χ2n) is 6.98. The van der Waals surface area contributed by atoms with Crippen molar-refractivity contribution in [3.8, 4) is 11.6 Å². The highest BCUT2D eigenvalue weighted by molar-refractivity contribution is 5.77. The number of methoxy groups -OCH3 is 2. The molecule has 0 aliphatic carbocycles. The molecule has 0 spiro atoms. The van der Waals surface area contributed by atoms with Gasteiger partial charge in [-0.2, -0.15) is 4.98 Å². The largest absolute Gasteiger partial charge is 0.497 e. The van der Waals surface area contributed by atoms with Crippen LogP contribution in [0, 0.1) is 6.92 Å². The molecule has 7 nitrogen and oxygen atoms in total. The summed E-state index contributed by atoms with van der Waals surface area (Å²) in [6, 6.07) is 11.4. The van der Waals surface area contributed by atoms with Gasteiger partial charge in [0.1, 0.15) is 17.1 Å².